The van der Waals surface area contributed by atoms with Crippen LogP contribution in [-0.2, 0) is 23.1 Å². The molecule has 2 aliphatic rings. The summed E-state index contributed by atoms with van der Waals surface area (Å²) in [5.74, 6) is 0.643. The zero-order chi connectivity index (χ0) is 17.2. The monoisotopic (exact) mass is 349 g/mol. The molecule has 0 saturated carbocycles. The van der Waals surface area contributed by atoms with Crippen LogP contribution < -0.4 is 5.32 Å². The van der Waals surface area contributed by atoms with Gasteiger partial charge in [-0.05, 0) is 59.8 Å². The Morgan fingerprint density at radius 3 is 2.76 bits per heavy atom. The number of carbonyl (C=O) groups is 2. The van der Waals surface area contributed by atoms with Crippen molar-refractivity contribution < 1.29 is 9.59 Å². The van der Waals surface area contributed by atoms with Gasteiger partial charge in [0.1, 0.15) is 11.5 Å². The molecular weight excluding hydrogens is 338 g/mol. The molecule has 5 rings (SSSR count). The molecule has 0 unspecified atom stereocenters. The lowest BCUT2D eigenvalue weighted by Gasteiger charge is -2.20. The molecular formula is C19H12ClN3O2. The Morgan fingerprint density at radius 1 is 1.16 bits per heavy atom. The van der Waals surface area contributed by atoms with Crippen LogP contribution in [0.15, 0.2) is 42.6 Å². The van der Waals surface area contributed by atoms with Crippen LogP contribution in [0.2, 0.25) is 0 Å². The highest BCUT2D eigenvalue weighted by atomic mass is 35.5. The van der Waals surface area contributed by atoms with Gasteiger partial charge in [0.05, 0.1) is 10.9 Å². The van der Waals surface area contributed by atoms with Gasteiger partial charge in [-0.15, -0.1) is 0 Å². The summed E-state index contributed by atoms with van der Waals surface area (Å²) in [7, 11) is 0. The molecule has 1 spiro atoms. The number of aromatic nitrogens is 2. The van der Waals surface area contributed by atoms with Crippen molar-refractivity contribution in [3.63, 3.8) is 0 Å². The largest absolute Gasteiger partial charge is 0.310 e. The highest BCUT2D eigenvalue weighted by Crippen LogP contribution is 2.47. The Bertz CT molecular complexity index is 1100. The second kappa shape index (κ2) is 4.86. The van der Waals surface area contributed by atoms with Gasteiger partial charge < -0.3 is 5.32 Å². The first-order valence-electron chi connectivity index (χ1n) is 7.96. The predicted octanol–water partition coefficient (Wildman–Crippen LogP) is 3.00. The van der Waals surface area contributed by atoms with E-state index in [-0.39, 0.29) is 11.6 Å². The van der Waals surface area contributed by atoms with Gasteiger partial charge in [0.15, 0.2) is 0 Å². The van der Waals surface area contributed by atoms with Crippen LogP contribution in [0.3, 0.4) is 0 Å². The molecule has 2 aromatic heterocycles. The quantitative estimate of drug-likeness (QED) is 0.685. The number of nitrogens with one attached hydrogen (secondary N) is 1. The Balaban J connectivity index is 1.66. The molecule has 0 fully saturated rings. The summed E-state index contributed by atoms with van der Waals surface area (Å²) >= 11 is 5.53. The van der Waals surface area contributed by atoms with E-state index in [4.69, 9.17) is 11.6 Å². The molecule has 3 aromatic rings. The summed E-state index contributed by atoms with van der Waals surface area (Å²) in [6, 6.07) is 11.3. The molecule has 1 aromatic carbocycles. The van der Waals surface area contributed by atoms with Crippen molar-refractivity contribution in [3.8, 4) is 0 Å². The van der Waals surface area contributed by atoms with Gasteiger partial charge in [0, 0.05) is 17.1 Å². The van der Waals surface area contributed by atoms with Crippen LogP contribution >= 0.6 is 11.6 Å². The maximum atomic E-state index is 12.7. The average Bonchev–Trinajstić information content (AvgIpc) is 3.10. The smallest absolute Gasteiger partial charge is 0.270 e. The number of fused-ring (bicyclic) bond motifs is 4. The normalized spacial score (nSPS) is 20.6. The Labute approximate surface area is 148 Å². The van der Waals surface area contributed by atoms with Gasteiger partial charge in [-0.1, -0.05) is 12.1 Å². The number of carbonyl (C=O) groups excluding carboxylic acids is 2. The SMILES string of the molecule is O=C(Cl)c1ccc2cc3c(cc2n1)C[C@]1(C3)C(=O)Nc2ncccc21. The van der Waals surface area contributed by atoms with E-state index in [1.165, 1.54) is 0 Å². The first-order chi connectivity index (χ1) is 12.1. The highest BCUT2D eigenvalue weighted by Gasteiger charge is 2.51. The number of amides is 1. The summed E-state index contributed by atoms with van der Waals surface area (Å²) < 4.78 is 0. The van der Waals surface area contributed by atoms with E-state index in [0.29, 0.717) is 24.2 Å². The van der Waals surface area contributed by atoms with Crippen molar-refractivity contribution in [2.45, 2.75) is 18.3 Å². The Kier molecular flexibility index (Phi) is 2.83. The van der Waals surface area contributed by atoms with E-state index in [2.05, 4.69) is 21.4 Å². The molecule has 0 radical (unpaired) electrons. The van der Waals surface area contributed by atoms with Gasteiger partial charge in [0.25, 0.3) is 5.24 Å². The molecule has 3 heterocycles. The number of halogens is 1. The third-order valence-electron chi connectivity index (χ3n) is 5.19. The van der Waals surface area contributed by atoms with Crippen molar-refractivity contribution in [1.82, 2.24) is 9.97 Å². The maximum absolute atomic E-state index is 12.7. The van der Waals surface area contributed by atoms with Crippen LogP contribution in [0.1, 0.15) is 27.2 Å². The van der Waals surface area contributed by atoms with Crippen molar-refractivity contribution in [2.75, 3.05) is 5.32 Å². The topological polar surface area (TPSA) is 72.0 Å². The van der Waals surface area contributed by atoms with E-state index in [1.54, 1.807) is 12.3 Å². The molecule has 122 valence electrons. The molecule has 25 heavy (non-hydrogen) atoms. The Hall–Kier alpha value is -2.79. The van der Waals surface area contributed by atoms with Gasteiger partial charge in [-0.2, -0.15) is 0 Å². The number of rotatable bonds is 1. The lowest BCUT2D eigenvalue weighted by molar-refractivity contribution is -0.120. The van der Waals surface area contributed by atoms with E-state index in [9.17, 15) is 9.59 Å². The second-order valence-electron chi connectivity index (χ2n) is 6.57. The van der Waals surface area contributed by atoms with Gasteiger partial charge in [-0.25, -0.2) is 9.97 Å². The zero-order valence-corrected chi connectivity index (χ0v) is 13.8. The fourth-order valence-electron chi connectivity index (χ4n) is 4.00. The van der Waals surface area contributed by atoms with Crippen LogP contribution in [0.25, 0.3) is 10.9 Å². The maximum Gasteiger partial charge on any atom is 0.270 e. The summed E-state index contributed by atoms with van der Waals surface area (Å²) in [5, 5.41) is 3.26. The molecule has 0 bridgehead atoms. The van der Waals surface area contributed by atoms with Crippen LogP contribution in [-0.4, -0.2) is 21.1 Å². The lowest BCUT2D eigenvalue weighted by Crippen LogP contribution is -2.35. The Morgan fingerprint density at radius 2 is 1.96 bits per heavy atom. The molecule has 1 N–H and O–H groups in total. The van der Waals surface area contributed by atoms with Crippen molar-refractivity contribution in [2.24, 2.45) is 0 Å². The first-order valence-corrected chi connectivity index (χ1v) is 8.34. The third kappa shape index (κ3) is 1.96. The minimum absolute atomic E-state index is 0.00830. The lowest BCUT2D eigenvalue weighted by atomic mass is 9.79. The van der Waals surface area contributed by atoms with Crippen molar-refractivity contribution >= 4 is 39.5 Å². The summed E-state index contributed by atoms with van der Waals surface area (Å²) in [6.45, 7) is 0. The standard InChI is InChI=1S/C19H12ClN3O2/c20-16(24)14-4-3-10-6-11-8-19(9-12(11)7-15(10)22-14)13-2-1-5-21-17(13)23-18(19)25/h1-7H,8-9H2,(H,21,23,25)/t19-/m0/s1. The molecule has 1 amide bonds. The van der Waals surface area contributed by atoms with Gasteiger partial charge in [-0.3, -0.25) is 9.59 Å². The number of anilines is 1. The summed E-state index contributed by atoms with van der Waals surface area (Å²) in [5.41, 5.74) is 3.50. The summed E-state index contributed by atoms with van der Waals surface area (Å²) in [6.07, 6.45) is 2.92. The van der Waals surface area contributed by atoms with E-state index < -0.39 is 10.7 Å². The van der Waals surface area contributed by atoms with Crippen LogP contribution in [0.5, 0.6) is 0 Å². The molecule has 0 saturated heterocycles. The second-order valence-corrected chi connectivity index (χ2v) is 6.92. The van der Waals surface area contributed by atoms with E-state index >= 15 is 0 Å². The number of hydrogen-bond acceptors (Lipinski definition) is 4. The third-order valence-corrected chi connectivity index (χ3v) is 5.38. The predicted molar refractivity (Wildman–Crippen MR) is 93.9 cm³/mol. The molecule has 1 aliphatic carbocycles. The van der Waals surface area contributed by atoms with Gasteiger partial charge in [0.2, 0.25) is 5.91 Å². The van der Waals surface area contributed by atoms with Gasteiger partial charge >= 0.3 is 0 Å². The molecule has 5 nitrogen and oxygen atoms in total. The number of benzene rings is 1. The summed E-state index contributed by atoms with van der Waals surface area (Å²) in [4.78, 5) is 32.7. The highest BCUT2D eigenvalue weighted by molar-refractivity contribution is 6.67. The van der Waals surface area contributed by atoms with E-state index in [0.717, 1.165) is 22.1 Å². The zero-order valence-electron chi connectivity index (χ0n) is 13.0. The van der Waals surface area contributed by atoms with Crippen molar-refractivity contribution in [3.05, 3.63) is 65.0 Å². The van der Waals surface area contributed by atoms with Crippen LogP contribution in [0.4, 0.5) is 5.82 Å². The first kappa shape index (κ1) is 14.5. The fraction of sp³-hybridized carbons (Fsp3) is 0.158. The van der Waals surface area contributed by atoms with E-state index in [1.807, 2.05) is 24.3 Å². The average molecular weight is 350 g/mol. The molecule has 1 atom stereocenters. The number of hydrogen-bond donors (Lipinski definition) is 1. The van der Waals surface area contributed by atoms with Crippen LogP contribution in [0, 0.1) is 0 Å². The minimum atomic E-state index is -0.603. The number of pyridine rings is 2. The fourth-order valence-corrected chi connectivity index (χ4v) is 4.11. The molecule has 6 heteroatoms. The minimum Gasteiger partial charge on any atom is -0.310 e. The van der Waals surface area contributed by atoms with Crippen molar-refractivity contribution in [1.29, 1.82) is 0 Å². The number of nitrogens with zero attached hydrogens (tertiary/aromatic N) is 2. The molecule has 1 aliphatic heterocycles.